The van der Waals surface area contributed by atoms with Crippen molar-refractivity contribution in [2.75, 3.05) is 12.9 Å². The maximum atomic E-state index is 12.2. The standard InChI is InChI=1S/C17H16Cl2N2O5S/c1-26-15-7-4-12(19)10-14(15)17(23)21-20-16(22)8-9-27(24,25)13-5-2-11(18)3-6-13/h2-7,10H,8-9H2,1H3,(H,20,22)(H,21,23). The first-order valence-electron chi connectivity index (χ1n) is 7.64. The Labute approximate surface area is 166 Å². The molecule has 0 saturated heterocycles. The molecule has 0 heterocycles. The van der Waals surface area contributed by atoms with Crippen molar-refractivity contribution >= 4 is 44.9 Å². The first kappa shape index (κ1) is 21.0. The molecular weight excluding hydrogens is 415 g/mol. The second-order valence-electron chi connectivity index (χ2n) is 5.37. The van der Waals surface area contributed by atoms with Crippen LogP contribution in [0.15, 0.2) is 47.4 Å². The molecule has 0 aliphatic heterocycles. The van der Waals surface area contributed by atoms with E-state index in [0.29, 0.717) is 10.0 Å². The van der Waals surface area contributed by atoms with Gasteiger partial charge in [-0.05, 0) is 42.5 Å². The molecule has 7 nitrogen and oxygen atoms in total. The van der Waals surface area contributed by atoms with Gasteiger partial charge in [-0.15, -0.1) is 0 Å². The first-order valence-corrected chi connectivity index (χ1v) is 10.0. The molecule has 0 unspecified atom stereocenters. The Hall–Kier alpha value is -2.29. The summed E-state index contributed by atoms with van der Waals surface area (Å²) >= 11 is 11.6. The van der Waals surface area contributed by atoms with E-state index in [2.05, 4.69) is 10.9 Å². The van der Waals surface area contributed by atoms with E-state index in [4.69, 9.17) is 27.9 Å². The van der Waals surface area contributed by atoms with Crippen molar-refractivity contribution < 1.29 is 22.7 Å². The topological polar surface area (TPSA) is 102 Å². The number of carbonyl (C=O) groups is 2. The summed E-state index contributed by atoms with van der Waals surface area (Å²) in [5, 5.41) is 0.729. The maximum absolute atomic E-state index is 12.2. The van der Waals surface area contributed by atoms with Crippen LogP contribution in [-0.2, 0) is 14.6 Å². The molecule has 0 aromatic heterocycles. The second kappa shape index (κ2) is 9.07. The van der Waals surface area contributed by atoms with Crippen LogP contribution in [0, 0.1) is 0 Å². The van der Waals surface area contributed by atoms with E-state index in [1.165, 1.54) is 43.5 Å². The molecule has 10 heteroatoms. The molecule has 2 aromatic carbocycles. The highest BCUT2D eigenvalue weighted by molar-refractivity contribution is 7.91. The fourth-order valence-electron chi connectivity index (χ4n) is 2.10. The van der Waals surface area contributed by atoms with Gasteiger partial charge < -0.3 is 4.74 Å². The Morgan fingerprint density at radius 3 is 2.26 bits per heavy atom. The van der Waals surface area contributed by atoms with Gasteiger partial charge in [0.05, 0.1) is 23.3 Å². The average molecular weight is 431 g/mol. The zero-order valence-electron chi connectivity index (χ0n) is 14.2. The molecule has 0 bridgehead atoms. The zero-order chi connectivity index (χ0) is 20.0. The molecular formula is C17H16Cl2N2O5S. The third-order valence-corrected chi connectivity index (χ3v) is 5.71. The molecule has 27 heavy (non-hydrogen) atoms. The molecule has 2 N–H and O–H groups in total. The molecule has 2 amide bonds. The quantitative estimate of drug-likeness (QED) is 0.685. The van der Waals surface area contributed by atoms with Crippen LogP contribution in [0.2, 0.25) is 10.0 Å². The van der Waals surface area contributed by atoms with Crippen molar-refractivity contribution in [3.63, 3.8) is 0 Å². The smallest absolute Gasteiger partial charge is 0.273 e. The summed E-state index contributed by atoms with van der Waals surface area (Å²) in [5.74, 6) is -1.46. The third kappa shape index (κ3) is 5.85. The van der Waals surface area contributed by atoms with Crippen molar-refractivity contribution in [1.29, 1.82) is 0 Å². The normalized spacial score (nSPS) is 10.9. The maximum Gasteiger partial charge on any atom is 0.273 e. The van der Waals surface area contributed by atoms with Crippen molar-refractivity contribution in [3.05, 3.63) is 58.1 Å². The van der Waals surface area contributed by atoms with E-state index in [0.717, 1.165) is 0 Å². The van der Waals surface area contributed by atoms with Gasteiger partial charge in [-0.25, -0.2) is 8.42 Å². The van der Waals surface area contributed by atoms with Crippen LogP contribution in [0.1, 0.15) is 16.8 Å². The SMILES string of the molecule is COc1ccc(Cl)cc1C(=O)NNC(=O)CCS(=O)(=O)c1ccc(Cl)cc1. The summed E-state index contributed by atoms with van der Waals surface area (Å²) < 4.78 is 29.4. The summed E-state index contributed by atoms with van der Waals surface area (Å²) in [6.45, 7) is 0. The first-order chi connectivity index (χ1) is 12.7. The Morgan fingerprint density at radius 1 is 1.00 bits per heavy atom. The van der Waals surface area contributed by atoms with E-state index >= 15 is 0 Å². The highest BCUT2D eigenvalue weighted by Gasteiger charge is 2.18. The molecule has 2 aromatic rings. The average Bonchev–Trinajstić information content (AvgIpc) is 2.64. The lowest BCUT2D eigenvalue weighted by atomic mass is 10.2. The molecule has 0 spiro atoms. The Kier molecular flexibility index (Phi) is 7.06. The van der Waals surface area contributed by atoms with E-state index in [1.54, 1.807) is 6.07 Å². The highest BCUT2D eigenvalue weighted by Crippen LogP contribution is 2.22. The van der Waals surface area contributed by atoms with Gasteiger partial charge >= 0.3 is 0 Å². The molecule has 0 radical (unpaired) electrons. The summed E-state index contributed by atoms with van der Waals surface area (Å²) in [6, 6.07) is 10.1. The van der Waals surface area contributed by atoms with E-state index < -0.39 is 27.4 Å². The van der Waals surface area contributed by atoms with Crippen molar-refractivity contribution in [1.82, 2.24) is 10.9 Å². The van der Waals surface area contributed by atoms with Gasteiger partial charge in [-0.1, -0.05) is 23.2 Å². The van der Waals surface area contributed by atoms with Crippen LogP contribution >= 0.6 is 23.2 Å². The molecule has 0 atom stereocenters. The molecule has 0 aliphatic rings. The van der Waals surface area contributed by atoms with Crippen LogP contribution in [0.25, 0.3) is 0 Å². The number of nitrogens with one attached hydrogen (secondary N) is 2. The predicted molar refractivity (Wildman–Crippen MR) is 102 cm³/mol. The number of sulfone groups is 1. The number of benzene rings is 2. The Morgan fingerprint density at radius 2 is 1.63 bits per heavy atom. The number of amides is 2. The summed E-state index contributed by atoms with van der Waals surface area (Å²) in [6.07, 6.45) is -0.335. The van der Waals surface area contributed by atoms with Crippen LogP contribution < -0.4 is 15.6 Å². The van der Waals surface area contributed by atoms with Crippen LogP contribution in [0.4, 0.5) is 0 Å². The molecule has 0 saturated carbocycles. The lowest BCUT2D eigenvalue weighted by molar-refractivity contribution is -0.121. The van der Waals surface area contributed by atoms with Crippen molar-refractivity contribution in [2.24, 2.45) is 0 Å². The monoisotopic (exact) mass is 430 g/mol. The lowest BCUT2D eigenvalue weighted by Gasteiger charge is -2.11. The van der Waals surface area contributed by atoms with Gasteiger partial charge in [0, 0.05) is 16.5 Å². The largest absolute Gasteiger partial charge is 0.496 e. The van der Waals surface area contributed by atoms with E-state index in [9.17, 15) is 18.0 Å². The van der Waals surface area contributed by atoms with Crippen LogP contribution in [0.5, 0.6) is 5.75 Å². The van der Waals surface area contributed by atoms with E-state index in [-0.39, 0.29) is 22.6 Å². The zero-order valence-corrected chi connectivity index (χ0v) is 16.5. The summed E-state index contributed by atoms with van der Waals surface area (Å²) in [4.78, 5) is 24.1. The Bertz CT molecular complexity index is 946. The molecule has 0 fully saturated rings. The number of hydrazine groups is 1. The number of carbonyl (C=O) groups excluding carboxylic acids is 2. The number of rotatable bonds is 6. The minimum absolute atomic E-state index is 0.0624. The van der Waals surface area contributed by atoms with Crippen LogP contribution in [-0.4, -0.2) is 33.1 Å². The fourth-order valence-corrected chi connectivity index (χ4v) is 3.64. The van der Waals surface area contributed by atoms with Gasteiger partial charge in [0.2, 0.25) is 5.91 Å². The number of hydrogen-bond acceptors (Lipinski definition) is 5. The van der Waals surface area contributed by atoms with Gasteiger partial charge in [-0.2, -0.15) is 0 Å². The minimum atomic E-state index is -3.65. The van der Waals surface area contributed by atoms with Gasteiger partial charge in [-0.3, -0.25) is 20.4 Å². The highest BCUT2D eigenvalue weighted by atomic mass is 35.5. The molecule has 2 rings (SSSR count). The number of hydrogen-bond donors (Lipinski definition) is 2. The van der Waals surface area contributed by atoms with E-state index in [1.807, 2.05) is 0 Å². The van der Waals surface area contributed by atoms with Crippen molar-refractivity contribution in [3.8, 4) is 5.75 Å². The molecule has 0 aliphatic carbocycles. The number of halogens is 2. The second-order valence-corrected chi connectivity index (χ2v) is 8.35. The molecule has 144 valence electrons. The third-order valence-electron chi connectivity index (χ3n) is 3.49. The lowest BCUT2D eigenvalue weighted by Crippen LogP contribution is -2.42. The van der Waals surface area contributed by atoms with Gasteiger partial charge in [0.1, 0.15) is 5.75 Å². The fraction of sp³-hybridized carbons (Fsp3) is 0.176. The van der Waals surface area contributed by atoms with Crippen LogP contribution in [0.3, 0.4) is 0 Å². The number of methoxy groups -OCH3 is 1. The number of ether oxygens (including phenoxy) is 1. The Balaban J connectivity index is 1.92. The summed E-state index contributed by atoms with van der Waals surface area (Å²) in [7, 11) is -2.26. The minimum Gasteiger partial charge on any atom is -0.496 e. The van der Waals surface area contributed by atoms with Crippen molar-refractivity contribution in [2.45, 2.75) is 11.3 Å². The van der Waals surface area contributed by atoms with Gasteiger partial charge in [0.15, 0.2) is 9.84 Å². The summed E-state index contributed by atoms with van der Waals surface area (Å²) in [5.41, 5.74) is 4.48. The van der Waals surface area contributed by atoms with Gasteiger partial charge in [0.25, 0.3) is 5.91 Å². The predicted octanol–water partition coefficient (Wildman–Crippen LogP) is 2.63.